The van der Waals surface area contributed by atoms with Crippen molar-refractivity contribution in [1.29, 1.82) is 0 Å². The molecular weight excluding hydrogens is 375 g/mol. The molecule has 2 fully saturated rings. The molecule has 0 radical (unpaired) electrons. The van der Waals surface area contributed by atoms with Gasteiger partial charge < -0.3 is 25.3 Å². The van der Waals surface area contributed by atoms with Crippen LogP contribution < -0.4 is 21.5 Å². The lowest BCUT2D eigenvalue weighted by atomic mass is 10.0. The van der Waals surface area contributed by atoms with Gasteiger partial charge in [0, 0.05) is 43.0 Å². The van der Waals surface area contributed by atoms with Gasteiger partial charge in [-0.05, 0) is 50.4 Å². The molecule has 7 nitrogen and oxygen atoms in total. The van der Waals surface area contributed by atoms with Crippen LogP contribution in [-0.2, 0) is 11.3 Å². The van der Waals surface area contributed by atoms with E-state index in [9.17, 15) is 9.59 Å². The number of rotatable bonds is 6. The van der Waals surface area contributed by atoms with Gasteiger partial charge in [-0.1, -0.05) is 0 Å². The molecule has 1 aromatic heterocycles. The highest BCUT2D eigenvalue weighted by Crippen LogP contribution is 2.40. The zero-order chi connectivity index (χ0) is 20.7. The molecule has 1 aliphatic carbocycles. The van der Waals surface area contributed by atoms with E-state index in [1.54, 1.807) is 12.1 Å². The van der Waals surface area contributed by atoms with Gasteiger partial charge in [0.25, 0.3) is 5.56 Å². The third kappa shape index (κ3) is 3.69. The number of aromatic nitrogens is 1. The fourth-order valence-electron chi connectivity index (χ4n) is 4.51. The predicted octanol–water partition coefficient (Wildman–Crippen LogP) is 2.42. The Kier molecular flexibility index (Phi) is 5.21. The Hall–Kier alpha value is -2.61. The summed E-state index contributed by atoms with van der Waals surface area (Å²) in [6, 6.07) is 3.39. The molecule has 0 spiro atoms. The number of primary amides is 1. The summed E-state index contributed by atoms with van der Waals surface area (Å²) in [5.41, 5.74) is 8.00. The maximum absolute atomic E-state index is 15.3. The summed E-state index contributed by atoms with van der Waals surface area (Å²) >= 11 is 0. The first-order valence-electron chi connectivity index (χ1n) is 10.1. The topological polar surface area (TPSA) is 89.6 Å². The Bertz CT molecular complexity index is 1020. The second kappa shape index (κ2) is 7.67. The number of nitrogens with zero attached hydrogens (tertiary/aromatic N) is 2. The van der Waals surface area contributed by atoms with Crippen molar-refractivity contribution in [2.75, 3.05) is 31.6 Å². The molecule has 1 aromatic carbocycles. The molecule has 1 aliphatic heterocycles. The van der Waals surface area contributed by atoms with Crippen LogP contribution in [0.15, 0.2) is 16.9 Å². The highest BCUT2D eigenvalue weighted by molar-refractivity contribution is 5.90. The van der Waals surface area contributed by atoms with Crippen molar-refractivity contribution in [3.63, 3.8) is 0 Å². The van der Waals surface area contributed by atoms with Gasteiger partial charge in [-0.25, -0.2) is 9.18 Å². The van der Waals surface area contributed by atoms with Gasteiger partial charge in [-0.2, -0.15) is 0 Å². The van der Waals surface area contributed by atoms with Crippen molar-refractivity contribution in [2.45, 2.75) is 38.8 Å². The summed E-state index contributed by atoms with van der Waals surface area (Å²) < 4.78 is 22.1. The number of nitrogens with two attached hydrogens (primary N) is 1. The van der Waals surface area contributed by atoms with Crippen molar-refractivity contribution in [2.24, 2.45) is 11.7 Å². The van der Waals surface area contributed by atoms with E-state index in [-0.39, 0.29) is 29.9 Å². The average molecular weight is 402 g/mol. The summed E-state index contributed by atoms with van der Waals surface area (Å²) in [5.74, 6) is -0.178. The number of hydrogen-bond donors (Lipinski definition) is 2. The van der Waals surface area contributed by atoms with Crippen molar-refractivity contribution >= 4 is 22.7 Å². The molecule has 1 saturated heterocycles. The lowest BCUT2D eigenvalue weighted by molar-refractivity contribution is 0.140. The van der Waals surface area contributed by atoms with Crippen LogP contribution in [0.3, 0.4) is 0 Å². The number of ether oxygens (including phenoxy) is 1. The monoisotopic (exact) mass is 402 g/mol. The third-order valence-corrected chi connectivity index (χ3v) is 5.93. The number of halogens is 1. The SMILES string of the molecule is CNCc1cc(=O)n(C2CC2)c2c(C)c(N3CCC(COC(N)=O)C3)c(F)cc12. The van der Waals surface area contributed by atoms with Crippen LogP contribution in [0.25, 0.3) is 10.9 Å². The summed E-state index contributed by atoms with van der Waals surface area (Å²) in [5, 5.41) is 3.86. The minimum atomic E-state index is -0.790. The number of benzene rings is 1. The first-order valence-corrected chi connectivity index (χ1v) is 10.1. The van der Waals surface area contributed by atoms with Crippen molar-refractivity contribution in [1.82, 2.24) is 9.88 Å². The number of carbonyl (C=O) groups excluding carboxylic acids is 1. The van der Waals surface area contributed by atoms with Crippen LogP contribution >= 0.6 is 0 Å². The number of aryl methyl sites for hydroxylation is 1. The number of carbonyl (C=O) groups is 1. The minimum Gasteiger partial charge on any atom is -0.449 e. The van der Waals surface area contributed by atoms with Gasteiger partial charge in [0.1, 0.15) is 5.82 Å². The summed E-state index contributed by atoms with van der Waals surface area (Å²) in [4.78, 5) is 25.7. The number of anilines is 1. The van der Waals surface area contributed by atoms with Gasteiger partial charge in [0.2, 0.25) is 0 Å². The molecule has 0 bridgehead atoms. The van der Waals surface area contributed by atoms with Crippen molar-refractivity contribution < 1.29 is 13.9 Å². The van der Waals surface area contributed by atoms with E-state index in [0.717, 1.165) is 41.3 Å². The molecule has 1 atom stereocenters. The standard InChI is InChI=1S/C21H27FN4O3/c1-12-19-16(14(9-24-2)7-18(27)26(19)15-3-4-15)8-17(22)20(12)25-6-5-13(10-25)11-29-21(23)28/h7-8,13,15,24H,3-6,9-11H2,1-2H3,(H2,23,28). The Balaban J connectivity index is 1.79. The summed E-state index contributed by atoms with van der Waals surface area (Å²) in [6.07, 6.45) is 1.95. The van der Waals surface area contributed by atoms with E-state index in [2.05, 4.69) is 5.32 Å². The molecule has 3 N–H and O–H groups in total. The van der Waals surface area contributed by atoms with Gasteiger partial charge in [0.05, 0.1) is 17.8 Å². The lowest BCUT2D eigenvalue weighted by Gasteiger charge is -2.25. The summed E-state index contributed by atoms with van der Waals surface area (Å²) in [7, 11) is 1.81. The van der Waals surface area contributed by atoms with E-state index in [0.29, 0.717) is 25.3 Å². The molecule has 4 rings (SSSR count). The van der Waals surface area contributed by atoms with Crippen LogP contribution in [-0.4, -0.2) is 37.4 Å². The van der Waals surface area contributed by atoms with E-state index in [1.807, 2.05) is 23.4 Å². The van der Waals surface area contributed by atoms with Crippen molar-refractivity contribution in [3.05, 3.63) is 39.4 Å². The van der Waals surface area contributed by atoms with E-state index in [1.165, 1.54) is 0 Å². The maximum Gasteiger partial charge on any atom is 0.404 e. The van der Waals surface area contributed by atoms with Crippen LogP contribution in [0.4, 0.5) is 14.9 Å². The molecule has 1 unspecified atom stereocenters. The van der Waals surface area contributed by atoms with Gasteiger partial charge in [-0.3, -0.25) is 4.79 Å². The summed E-state index contributed by atoms with van der Waals surface area (Å²) in [6.45, 7) is 3.89. The number of pyridine rings is 1. The maximum atomic E-state index is 15.3. The first-order chi connectivity index (χ1) is 13.9. The molecule has 29 heavy (non-hydrogen) atoms. The van der Waals surface area contributed by atoms with Crippen molar-refractivity contribution in [3.8, 4) is 0 Å². The highest BCUT2D eigenvalue weighted by Gasteiger charge is 2.31. The number of amides is 1. The first kappa shape index (κ1) is 19.7. The number of hydrogen-bond acceptors (Lipinski definition) is 5. The third-order valence-electron chi connectivity index (χ3n) is 5.93. The number of fused-ring (bicyclic) bond motifs is 1. The Morgan fingerprint density at radius 2 is 2.10 bits per heavy atom. The molecule has 1 amide bonds. The van der Waals surface area contributed by atoms with Gasteiger partial charge in [-0.15, -0.1) is 0 Å². The minimum absolute atomic E-state index is 0.0277. The Labute approximate surface area is 168 Å². The Morgan fingerprint density at radius 1 is 1.34 bits per heavy atom. The molecule has 1 saturated carbocycles. The van der Waals surface area contributed by atoms with E-state index in [4.69, 9.17) is 10.5 Å². The Morgan fingerprint density at radius 3 is 2.76 bits per heavy atom. The molecule has 2 aliphatic rings. The van der Waals surface area contributed by atoms with Crippen LogP contribution in [0.5, 0.6) is 0 Å². The molecular formula is C21H27FN4O3. The molecule has 2 aromatic rings. The average Bonchev–Trinajstić information content (AvgIpc) is 3.39. The fraction of sp³-hybridized carbons (Fsp3) is 0.524. The van der Waals surface area contributed by atoms with Crippen LogP contribution in [0.1, 0.15) is 36.4 Å². The van der Waals surface area contributed by atoms with Crippen LogP contribution in [0, 0.1) is 18.7 Å². The molecule has 2 heterocycles. The molecule has 156 valence electrons. The van der Waals surface area contributed by atoms with Gasteiger partial charge in [0.15, 0.2) is 0 Å². The molecule has 8 heteroatoms. The van der Waals surface area contributed by atoms with Crippen LogP contribution in [0.2, 0.25) is 0 Å². The second-order valence-corrected chi connectivity index (χ2v) is 8.10. The normalized spacial score (nSPS) is 19.1. The second-order valence-electron chi connectivity index (χ2n) is 8.10. The lowest BCUT2D eigenvalue weighted by Crippen LogP contribution is -2.26. The quantitative estimate of drug-likeness (QED) is 0.775. The largest absolute Gasteiger partial charge is 0.449 e. The zero-order valence-electron chi connectivity index (χ0n) is 16.8. The zero-order valence-corrected chi connectivity index (χ0v) is 16.8. The highest BCUT2D eigenvalue weighted by atomic mass is 19.1. The smallest absolute Gasteiger partial charge is 0.404 e. The number of nitrogens with one attached hydrogen (secondary N) is 1. The van der Waals surface area contributed by atoms with E-state index < -0.39 is 6.09 Å². The van der Waals surface area contributed by atoms with E-state index >= 15 is 4.39 Å². The fourth-order valence-corrected chi connectivity index (χ4v) is 4.51. The predicted molar refractivity (Wildman–Crippen MR) is 110 cm³/mol. The van der Waals surface area contributed by atoms with Gasteiger partial charge >= 0.3 is 6.09 Å².